The van der Waals surface area contributed by atoms with E-state index in [4.69, 9.17) is 20.1 Å². The van der Waals surface area contributed by atoms with Crippen molar-refractivity contribution >= 4 is 18.0 Å². The van der Waals surface area contributed by atoms with Crippen LogP contribution in [0.1, 0.15) is 26.2 Å². The van der Waals surface area contributed by atoms with Crippen molar-refractivity contribution in [1.29, 1.82) is 0 Å². The predicted octanol–water partition coefficient (Wildman–Crippen LogP) is 1.04. The number of hydrogen-bond acceptors (Lipinski definition) is 4. The molecule has 0 aromatic carbocycles. The summed E-state index contributed by atoms with van der Waals surface area (Å²) in [4.78, 5) is 30.1. The first-order valence-corrected chi connectivity index (χ1v) is 6.63. The third kappa shape index (κ3) is 8.05. The minimum atomic E-state index is -1.33. The Morgan fingerprint density at radius 2 is 1.77 bits per heavy atom. The zero-order valence-corrected chi connectivity index (χ0v) is 12.6. The number of carboxylic acid groups (broad SMARTS) is 3. The molecule has 22 heavy (non-hydrogen) atoms. The lowest BCUT2D eigenvalue weighted by Gasteiger charge is -2.23. The number of rotatable bonds is 3. The van der Waals surface area contributed by atoms with Gasteiger partial charge in [0.25, 0.3) is 0 Å². The predicted molar refractivity (Wildman–Crippen MR) is 79.5 cm³/mol. The van der Waals surface area contributed by atoms with Gasteiger partial charge in [-0.1, -0.05) is 18.2 Å². The molecule has 8 heteroatoms. The highest BCUT2D eigenvalue weighted by Gasteiger charge is 2.34. The van der Waals surface area contributed by atoms with Gasteiger partial charge in [-0.3, -0.25) is 4.79 Å². The lowest BCUT2D eigenvalue weighted by Crippen LogP contribution is -2.28. The Bertz CT molecular complexity index is 478. The summed E-state index contributed by atoms with van der Waals surface area (Å²) in [5, 5.41) is 27.8. The second-order valence-corrected chi connectivity index (χ2v) is 5.16. The number of nitrogens with one attached hydrogen (secondary N) is 1. The number of carbonyl (C=O) groups is 3. The molecule has 0 radical (unpaired) electrons. The summed E-state index contributed by atoms with van der Waals surface area (Å²) in [7, 11) is 2.01. The lowest BCUT2D eigenvalue weighted by atomic mass is 9.80. The zero-order chi connectivity index (χ0) is 17.3. The molecule has 2 aliphatic carbocycles. The van der Waals surface area contributed by atoms with E-state index >= 15 is 0 Å². The van der Waals surface area contributed by atoms with Crippen molar-refractivity contribution in [3.05, 3.63) is 23.8 Å². The monoisotopic (exact) mass is 314 g/mol. The number of carboxylic acids is 2. The Morgan fingerprint density at radius 3 is 2.05 bits per heavy atom. The smallest absolute Gasteiger partial charge is 0.402 e. The Morgan fingerprint density at radius 1 is 1.27 bits per heavy atom. The Kier molecular flexibility index (Phi) is 7.89. The standard InChI is InChI=1S/C9H10O4.C4H9N.CH3NO2/c1-9(8(12)13)4-2-3-6(5-9)7(10)11;1-5-4-2-3-4;2-1(3)4/h2-4H,5H2,1H3,(H,10,11)(H,12,13);4-5H,2-3H2,1H3;2H2,(H,3,4). The molecule has 1 amide bonds. The van der Waals surface area contributed by atoms with Crippen LogP contribution in [-0.2, 0) is 9.59 Å². The van der Waals surface area contributed by atoms with Crippen LogP contribution in [0.5, 0.6) is 0 Å². The maximum absolute atomic E-state index is 10.8. The second kappa shape index (κ2) is 8.83. The molecule has 1 saturated carbocycles. The maximum atomic E-state index is 10.8. The lowest BCUT2D eigenvalue weighted by molar-refractivity contribution is -0.145. The van der Waals surface area contributed by atoms with Gasteiger partial charge in [-0.2, -0.15) is 0 Å². The largest absolute Gasteiger partial charge is 0.481 e. The van der Waals surface area contributed by atoms with E-state index in [1.54, 1.807) is 0 Å². The van der Waals surface area contributed by atoms with Gasteiger partial charge in [0.05, 0.1) is 5.41 Å². The van der Waals surface area contributed by atoms with Crippen LogP contribution in [0.2, 0.25) is 0 Å². The first-order chi connectivity index (χ1) is 10.1. The molecule has 0 bridgehead atoms. The molecule has 1 atom stereocenters. The normalized spacial score (nSPS) is 22.2. The summed E-state index contributed by atoms with van der Waals surface area (Å²) in [5.74, 6) is -2.06. The van der Waals surface area contributed by atoms with Gasteiger partial charge in [0.2, 0.25) is 0 Å². The number of primary amides is 1. The van der Waals surface area contributed by atoms with Gasteiger partial charge >= 0.3 is 18.0 Å². The van der Waals surface area contributed by atoms with Crippen LogP contribution in [0.15, 0.2) is 23.8 Å². The number of allylic oxidation sites excluding steroid dienone is 2. The molecular weight excluding hydrogens is 292 g/mol. The fraction of sp³-hybridized carbons (Fsp3) is 0.500. The van der Waals surface area contributed by atoms with Crippen molar-refractivity contribution in [2.75, 3.05) is 7.05 Å². The summed E-state index contributed by atoms with van der Waals surface area (Å²) in [5.41, 5.74) is 3.08. The first-order valence-electron chi connectivity index (χ1n) is 6.63. The Balaban J connectivity index is 0.000000400. The van der Waals surface area contributed by atoms with Crippen LogP contribution < -0.4 is 11.1 Å². The number of aliphatic carboxylic acids is 2. The summed E-state index contributed by atoms with van der Waals surface area (Å²) in [6, 6.07) is 0.884. The molecule has 1 fully saturated rings. The third-order valence-corrected chi connectivity index (χ3v) is 3.07. The fourth-order valence-corrected chi connectivity index (χ4v) is 1.56. The molecule has 8 nitrogen and oxygen atoms in total. The van der Waals surface area contributed by atoms with E-state index < -0.39 is 23.4 Å². The van der Waals surface area contributed by atoms with E-state index in [2.05, 4.69) is 11.1 Å². The second-order valence-electron chi connectivity index (χ2n) is 5.16. The fourth-order valence-electron chi connectivity index (χ4n) is 1.56. The van der Waals surface area contributed by atoms with Crippen LogP contribution in [0.4, 0.5) is 4.79 Å². The Labute approximate surface area is 128 Å². The van der Waals surface area contributed by atoms with Crippen molar-refractivity contribution in [3.63, 3.8) is 0 Å². The topological polar surface area (TPSA) is 150 Å². The van der Waals surface area contributed by atoms with Crippen molar-refractivity contribution in [3.8, 4) is 0 Å². The van der Waals surface area contributed by atoms with Crippen molar-refractivity contribution in [1.82, 2.24) is 5.32 Å². The van der Waals surface area contributed by atoms with Crippen molar-refractivity contribution in [2.45, 2.75) is 32.2 Å². The Hall–Kier alpha value is -2.35. The number of nitrogens with two attached hydrogens (primary N) is 1. The summed E-state index contributed by atoms with van der Waals surface area (Å²) < 4.78 is 0. The highest BCUT2D eigenvalue weighted by molar-refractivity contribution is 5.90. The van der Waals surface area contributed by atoms with Gasteiger partial charge in [0, 0.05) is 11.6 Å². The average Bonchev–Trinajstić information content (AvgIpc) is 3.22. The van der Waals surface area contributed by atoms with Crippen LogP contribution in [0, 0.1) is 5.41 Å². The molecule has 2 aliphatic rings. The summed E-state index contributed by atoms with van der Waals surface area (Å²) >= 11 is 0. The van der Waals surface area contributed by atoms with Gasteiger partial charge in [-0.25, -0.2) is 9.59 Å². The molecule has 0 aromatic rings. The van der Waals surface area contributed by atoms with Crippen molar-refractivity contribution in [2.24, 2.45) is 11.1 Å². The van der Waals surface area contributed by atoms with Crippen LogP contribution in [-0.4, -0.2) is 46.4 Å². The van der Waals surface area contributed by atoms with E-state index in [1.165, 1.54) is 38.0 Å². The van der Waals surface area contributed by atoms with E-state index in [0.717, 1.165) is 6.04 Å². The molecule has 0 aromatic heterocycles. The molecule has 6 N–H and O–H groups in total. The molecule has 2 rings (SSSR count). The highest BCUT2D eigenvalue weighted by atomic mass is 16.4. The van der Waals surface area contributed by atoms with E-state index in [0.29, 0.717) is 0 Å². The van der Waals surface area contributed by atoms with Gasteiger partial charge in [0.1, 0.15) is 0 Å². The number of amides is 1. The zero-order valence-electron chi connectivity index (χ0n) is 12.6. The molecule has 0 saturated heterocycles. The van der Waals surface area contributed by atoms with Gasteiger partial charge < -0.3 is 26.4 Å². The molecule has 1 unspecified atom stereocenters. The number of hydrogen-bond donors (Lipinski definition) is 5. The van der Waals surface area contributed by atoms with E-state index in [1.807, 2.05) is 7.05 Å². The van der Waals surface area contributed by atoms with Crippen molar-refractivity contribution < 1.29 is 29.7 Å². The minimum Gasteiger partial charge on any atom is -0.481 e. The summed E-state index contributed by atoms with van der Waals surface area (Å²) in [6.07, 6.45) is 5.90. The van der Waals surface area contributed by atoms with Gasteiger partial charge in [-0.05, 0) is 33.2 Å². The van der Waals surface area contributed by atoms with Crippen LogP contribution in [0.25, 0.3) is 0 Å². The summed E-state index contributed by atoms with van der Waals surface area (Å²) in [6.45, 7) is 1.50. The quantitative estimate of drug-likeness (QED) is 0.522. The molecule has 124 valence electrons. The van der Waals surface area contributed by atoms with Gasteiger partial charge in [0.15, 0.2) is 0 Å². The highest BCUT2D eigenvalue weighted by Crippen LogP contribution is 2.31. The first kappa shape index (κ1) is 19.7. The molecule has 0 spiro atoms. The third-order valence-electron chi connectivity index (χ3n) is 3.07. The average molecular weight is 314 g/mol. The minimum absolute atomic E-state index is 0.0359. The molecular formula is C14H22N2O6. The molecule has 0 aliphatic heterocycles. The van der Waals surface area contributed by atoms with E-state index in [9.17, 15) is 9.59 Å². The van der Waals surface area contributed by atoms with E-state index in [-0.39, 0.29) is 12.0 Å². The van der Waals surface area contributed by atoms with Gasteiger partial charge in [-0.15, -0.1) is 0 Å². The van der Waals surface area contributed by atoms with Crippen LogP contribution >= 0.6 is 0 Å². The maximum Gasteiger partial charge on any atom is 0.402 e. The molecule has 0 heterocycles. The SMILES string of the molecule is CC1(C(=O)O)C=CC=C(C(=O)O)C1.CNC1CC1.NC(=O)O. The van der Waals surface area contributed by atoms with Crippen LogP contribution in [0.3, 0.4) is 0 Å².